The molecule has 1 amide bonds. The van der Waals surface area contributed by atoms with Gasteiger partial charge in [-0.2, -0.15) is 0 Å². The van der Waals surface area contributed by atoms with Crippen molar-refractivity contribution in [3.05, 3.63) is 17.3 Å². The Labute approximate surface area is 95.2 Å². The number of aryl methyl sites for hydroxylation is 1. The lowest BCUT2D eigenvalue weighted by Gasteiger charge is -2.04. The summed E-state index contributed by atoms with van der Waals surface area (Å²) in [6.07, 6.45) is 0. The van der Waals surface area contributed by atoms with E-state index in [4.69, 9.17) is 9.15 Å². The third kappa shape index (κ3) is 3.06. The Morgan fingerprint density at radius 2 is 2.25 bits per heavy atom. The van der Waals surface area contributed by atoms with Crippen molar-refractivity contribution in [3.63, 3.8) is 0 Å². The lowest BCUT2D eigenvalue weighted by atomic mass is 10.1. The van der Waals surface area contributed by atoms with E-state index in [2.05, 4.69) is 10.3 Å². The Morgan fingerprint density at radius 1 is 1.56 bits per heavy atom. The normalized spacial score (nSPS) is 10.8. The largest absolute Gasteiger partial charge is 0.436 e. The van der Waals surface area contributed by atoms with Crippen molar-refractivity contribution < 1.29 is 13.9 Å². The fraction of sp³-hybridized carbons (Fsp3) is 0.636. The van der Waals surface area contributed by atoms with Crippen LogP contribution in [0.25, 0.3) is 0 Å². The summed E-state index contributed by atoms with van der Waals surface area (Å²) in [4.78, 5) is 16.0. The monoisotopic (exact) mass is 226 g/mol. The number of amides is 1. The predicted octanol–water partition coefficient (Wildman–Crippen LogP) is 1.48. The number of carbonyl (C=O) groups is 1. The summed E-state index contributed by atoms with van der Waals surface area (Å²) in [6.45, 7) is 6.63. The van der Waals surface area contributed by atoms with Crippen molar-refractivity contribution in [3.8, 4) is 0 Å². The number of hydrogen-bond donors (Lipinski definition) is 1. The van der Waals surface area contributed by atoms with Crippen LogP contribution in [-0.4, -0.2) is 31.2 Å². The minimum atomic E-state index is -0.235. The van der Waals surface area contributed by atoms with Gasteiger partial charge in [0.2, 0.25) is 5.76 Å². The summed E-state index contributed by atoms with van der Waals surface area (Å²) in [7, 11) is 1.59. The number of oxazole rings is 1. The van der Waals surface area contributed by atoms with E-state index in [1.807, 2.05) is 13.8 Å². The molecule has 1 N–H and O–H groups in total. The zero-order valence-corrected chi connectivity index (χ0v) is 10.2. The number of nitrogens with zero attached hydrogens (tertiary/aromatic N) is 1. The van der Waals surface area contributed by atoms with Crippen molar-refractivity contribution in [1.82, 2.24) is 10.3 Å². The van der Waals surface area contributed by atoms with Crippen LogP contribution in [0.5, 0.6) is 0 Å². The molecule has 0 bridgehead atoms. The molecule has 0 spiro atoms. The van der Waals surface area contributed by atoms with Crippen molar-refractivity contribution in [2.45, 2.75) is 26.7 Å². The molecule has 0 radical (unpaired) electrons. The van der Waals surface area contributed by atoms with E-state index in [9.17, 15) is 4.79 Å². The molecule has 0 aliphatic rings. The van der Waals surface area contributed by atoms with Crippen LogP contribution in [0, 0.1) is 6.92 Å². The topological polar surface area (TPSA) is 64.4 Å². The van der Waals surface area contributed by atoms with Crippen LogP contribution < -0.4 is 5.32 Å². The van der Waals surface area contributed by atoms with E-state index in [-0.39, 0.29) is 11.8 Å². The van der Waals surface area contributed by atoms with Gasteiger partial charge in [0, 0.05) is 20.6 Å². The number of rotatable bonds is 5. The molecule has 5 heteroatoms. The van der Waals surface area contributed by atoms with Crippen LogP contribution >= 0.6 is 0 Å². The highest BCUT2D eigenvalue weighted by molar-refractivity contribution is 5.92. The standard InChI is InChI=1S/C11H18N2O3/c1-7(2)9-10(16-8(3)13-9)11(14)12-5-6-15-4/h7H,5-6H2,1-4H3,(H,12,14). The van der Waals surface area contributed by atoms with Crippen LogP contribution in [0.4, 0.5) is 0 Å². The van der Waals surface area contributed by atoms with Crippen molar-refractivity contribution in [1.29, 1.82) is 0 Å². The average molecular weight is 226 g/mol. The van der Waals surface area contributed by atoms with E-state index in [1.54, 1.807) is 14.0 Å². The molecule has 0 aliphatic heterocycles. The van der Waals surface area contributed by atoms with E-state index in [0.717, 1.165) is 0 Å². The van der Waals surface area contributed by atoms with Crippen LogP contribution in [0.3, 0.4) is 0 Å². The first-order chi connectivity index (χ1) is 7.56. The third-order valence-electron chi connectivity index (χ3n) is 2.11. The first-order valence-corrected chi connectivity index (χ1v) is 5.30. The average Bonchev–Trinajstić information content (AvgIpc) is 2.61. The zero-order valence-electron chi connectivity index (χ0n) is 10.2. The highest BCUT2D eigenvalue weighted by Gasteiger charge is 2.20. The summed E-state index contributed by atoms with van der Waals surface area (Å²) < 4.78 is 10.2. The van der Waals surface area contributed by atoms with Crippen molar-refractivity contribution >= 4 is 5.91 Å². The number of ether oxygens (including phenoxy) is 1. The molecular formula is C11H18N2O3. The maximum absolute atomic E-state index is 11.8. The molecule has 0 aliphatic carbocycles. The highest BCUT2D eigenvalue weighted by atomic mass is 16.5. The van der Waals surface area contributed by atoms with Gasteiger partial charge in [-0.1, -0.05) is 13.8 Å². The number of aromatic nitrogens is 1. The minimum Gasteiger partial charge on any atom is -0.436 e. The minimum absolute atomic E-state index is 0.167. The molecule has 1 aromatic rings. The Kier molecular flexibility index (Phi) is 4.49. The molecule has 0 saturated heterocycles. The second-order valence-electron chi connectivity index (χ2n) is 3.85. The fourth-order valence-corrected chi connectivity index (χ4v) is 1.34. The molecule has 1 heterocycles. The Morgan fingerprint density at radius 3 is 2.81 bits per heavy atom. The summed E-state index contributed by atoms with van der Waals surface area (Å²) in [5, 5.41) is 2.71. The Balaban J connectivity index is 2.74. The molecule has 0 atom stereocenters. The molecule has 16 heavy (non-hydrogen) atoms. The van der Waals surface area contributed by atoms with Gasteiger partial charge in [-0.15, -0.1) is 0 Å². The Hall–Kier alpha value is -1.36. The maximum Gasteiger partial charge on any atom is 0.289 e. The van der Waals surface area contributed by atoms with Gasteiger partial charge in [0.1, 0.15) is 0 Å². The Bertz CT molecular complexity index is 358. The number of methoxy groups -OCH3 is 1. The first kappa shape index (κ1) is 12.7. The number of hydrogen-bond acceptors (Lipinski definition) is 4. The van der Waals surface area contributed by atoms with Gasteiger partial charge in [-0.05, 0) is 5.92 Å². The molecule has 90 valence electrons. The molecule has 0 fully saturated rings. The van der Waals surface area contributed by atoms with Crippen LogP contribution in [-0.2, 0) is 4.74 Å². The van der Waals surface area contributed by atoms with Crippen LogP contribution in [0.1, 0.15) is 41.9 Å². The maximum atomic E-state index is 11.8. The van der Waals surface area contributed by atoms with Gasteiger partial charge < -0.3 is 14.5 Å². The number of nitrogens with one attached hydrogen (secondary N) is 1. The number of carbonyl (C=O) groups excluding carboxylic acids is 1. The summed E-state index contributed by atoms with van der Waals surface area (Å²) in [6, 6.07) is 0. The van der Waals surface area contributed by atoms with E-state index in [1.165, 1.54) is 0 Å². The molecule has 0 unspecified atom stereocenters. The van der Waals surface area contributed by atoms with Gasteiger partial charge in [-0.3, -0.25) is 4.79 Å². The van der Waals surface area contributed by atoms with Gasteiger partial charge >= 0.3 is 0 Å². The van der Waals surface area contributed by atoms with Gasteiger partial charge in [0.05, 0.1) is 12.3 Å². The predicted molar refractivity (Wildman–Crippen MR) is 59.5 cm³/mol. The second kappa shape index (κ2) is 5.65. The zero-order chi connectivity index (χ0) is 12.1. The van der Waals surface area contributed by atoms with E-state index < -0.39 is 0 Å². The molecule has 1 rings (SSSR count). The second-order valence-corrected chi connectivity index (χ2v) is 3.85. The van der Waals surface area contributed by atoms with E-state index >= 15 is 0 Å². The third-order valence-corrected chi connectivity index (χ3v) is 2.11. The molecular weight excluding hydrogens is 208 g/mol. The first-order valence-electron chi connectivity index (χ1n) is 5.30. The van der Waals surface area contributed by atoms with Crippen LogP contribution in [0.2, 0.25) is 0 Å². The molecule has 0 aromatic carbocycles. The molecule has 5 nitrogen and oxygen atoms in total. The molecule has 0 saturated carbocycles. The SMILES string of the molecule is COCCNC(=O)c1oc(C)nc1C(C)C. The van der Waals surface area contributed by atoms with Gasteiger partial charge in [0.15, 0.2) is 5.89 Å². The quantitative estimate of drug-likeness (QED) is 0.772. The lowest BCUT2D eigenvalue weighted by molar-refractivity contribution is 0.0906. The summed E-state index contributed by atoms with van der Waals surface area (Å²) in [5.74, 6) is 0.756. The van der Waals surface area contributed by atoms with Crippen molar-refractivity contribution in [2.75, 3.05) is 20.3 Å². The summed E-state index contributed by atoms with van der Waals surface area (Å²) >= 11 is 0. The van der Waals surface area contributed by atoms with Crippen LogP contribution in [0.15, 0.2) is 4.42 Å². The van der Waals surface area contributed by atoms with E-state index in [0.29, 0.717) is 30.5 Å². The smallest absolute Gasteiger partial charge is 0.289 e. The van der Waals surface area contributed by atoms with Crippen molar-refractivity contribution in [2.24, 2.45) is 0 Å². The van der Waals surface area contributed by atoms with Gasteiger partial charge in [0.25, 0.3) is 5.91 Å². The summed E-state index contributed by atoms with van der Waals surface area (Å²) in [5.41, 5.74) is 0.701. The van der Waals surface area contributed by atoms with Gasteiger partial charge in [-0.25, -0.2) is 4.98 Å². The molecule has 1 aromatic heterocycles. The lowest BCUT2D eigenvalue weighted by Crippen LogP contribution is -2.27. The highest BCUT2D eigenvalue weighted by Crippen LogP contribution is 2.19. The fourth-order valence-electron chi connectivity index (χ4n) is 1.34.